The smallest absolute Gasteiger partial charge is 0.238 e. The molecule has 10 aromatic heterocycles. The Labute approximate surface area is 572 Å². The number of rotatable bonds is 4. The summed E-state index contributed by atoms with van der Waals surface area (Å²) < 4.78 is 35.5. The van der Waals surface area contributed by atoms with Crippen LogP contribution in [-0.4, -0.2) is 29.1 Å². The minimum Gasteiger partial charge on any atom is -0.456 e. The van der Waals surface area contributed by atoms with Gasteiger partial charge >= 0.3 is 0 Å². The second-order valence-corrected chi connectivity index (χ2v) is 27.8. The van der Waals surface area contributed by atoms with Crippen molar-refractivity contribution in [1.82, 2.24) is 29.1 Å². The van der Waals surface area contributed by atoms with Gasteiger partial charge in [-0.25, -0.2) is 9.97 Å². The topological polar surface area (TPSA) is 114 Å². The highest BCUT2D eigenvalue weighted by Crippen LogP contribution is 2.52. The minimum absolute atomic E-state index is 0.539. The van der Waals surface area contributed by atoms with Crippen LogP contribution in [0.3, 0.4) is 0 Å². The molecule has 10 heterocycles. The Bertz CT molecular complexity index is 7700. The lowest BCUT2D eigenvalue weighted by Gasteiger charge is -2.11. The largest absolute Gasteiger partial charge is 0.456 e. The van der Waals surface area contributed by atoms with E-state index >= 15 is 0 Å². The number of nitrogens with zero attached hydrogens (tertiary/aromatic N) is 6. The second-order valence-electron chi connectivity index (χ2n) is 25.7. The number of para-hydroxylation sites is 7. The van der Waals surface area contributed by atoms with E-state index in [1.165, 1.54) is 72.7 Å². The van der Waals surface area contributed by atoms with Gasteiger partial charge in [-0.2, -0.15) is 9.97 Å². The molecule has 0 spiro atoms. The monoisotopic (exact) mass is 1310 g/mol. The van der Waals surface area contributed by atoms with Gasteiger partial charge in [0.15, 0.2) is 0 Å². The fourth-order valence-corrected chi connectivity index (χ4v) is 18.8. The molecule has 0 amide bonds. The summed E-state index contributed by atoms with van der Waals surface area (Å²) in [6, 6.07) is 97.4. The van der Waals surface area contributed by atoms with Crippen molar-refractivity contribution in [1.29, 1.82) is 0 Å². The van der Waals surface area contributed by atoms with Gasteiger partial charge in [-0.15, -0.1) is 22.7 Å². The van der Waals surface area contributed by atoms with Crippen molar-refractivity contribution >= 4 is 216 Å². The van der Waals surface area contributed by atoms with Gasteiger partial charge in [0.05, 0.1) is 44.2 Å². The first-order valence-corrected chi connectivity index (χ1v) is 35.0. The van der Waals surface area contributed by atoms with E-state index in [0.29, 0.717) is 23.3 Å². The molecule has 14 aromatic carbocycles. The molecule has 0 bridgehead atoms. The summed E-state index contributed by atoms with van der Waals surface area (Å²) >= 11 is 3.72. The summed E-state index contributed by atoms with van der Waals surface area (Å²) in [5, 5.41) is 22.6. The summed E-state index contributed by atoms with van der Waals surface area (Å²) in [6.45, 7) is 0. The van der Waals surface area contributed by atoms with Crippen molar-refractivity contribution in [2.75, 3.05) is 0 Å². The molecular formula is C88H46N6O4S2. The maximum Gasteiger partial charge on any atom is 0.238 e. The molecule has 100 heavy (non-hydrogen) atoms. The molecule has 0 saturated heterocycles. The lowest BCUT2D eigenvalue weighted by atomic mass is 10.00. The molecule has 12 heteroatoms. The third-order valence-corrected chi connectivity index (χ3v) is 22.9. The van der Waals surface area contributed by atoms with Crippen LogP contribution in [0.15, 0.2) is 297 Å². The molecule has 10 nitrogen and oxygen atoms in total. The molecule has 24 aromatic rings. The Hall–Kier alpha value is -13.0. The highest BCUT2D eigenvalue weighted by molar-refractivity contribution is 7.27. The molecule has 0 saturated carbocycles. The van der Waals surface area contributed by atoms with E-state index in [4.69, 9.17) is 37.6 Å². The Kier molecular flexibility index (Phi) is 11.0. The van der Waals surface area contributed by atoms with E-state index in [9.17, 15) is 0 Å². The summed E-state index contributed by atoms with van der Waals surface area (Å²) in [4.78, 5) is 21.5. The van der Waals surface area contributed by atoms with Gasteiger partial charge in [0.2, 0.25) is 23.3 Å². The fraction of sp³-hybridized carbons (Fsp3) is 0. The Morgan fingerprint density at radius 3 is 1.21 bits per heavy atom. The zero-order valence-corrected chi connectivity index (χ0v) is 54.3. The molecule has 0 unspecified atom stereocenters. The Morgan fingerprint density at radius 1 is 0.260 bits per heavy atom. The quantitative estimate of drug-likeness (QED) is 0.171. The van der Waals surface area contributed by atoms with E-state index in [2.05, 4.69) is 221 Å². The van der Waals surface area contributed by atoms with Crippen LogP contribution in [0.2, 0.25) is 0 Å². The van der Waals surface area contributed by atoms with Gasteiger partial charge in [0.1, 0.15) is 33.5 Å². The molecule has 0 radical (unpaired) electrons. The van der Waals surface area contributed by atoms with Crippen molar-refractivity contribution in [2.24, 2.45) is 0 Å². The maximum absolute atomic E-state index is 6.59. The van der Waals surface area contributed by atoms with Crippen LogP contribution < -0.4 is 0 Å². The Balaban J connectivity index is 0.000000124. The van der Waals surface area contributed by atoms with Crippen LogP contribution >= 0.6 is 22.7 Å². The molecule has 0 N–H and O–H groups in total. The number of benzene rings is 14. The molecule has 0 aliphatic rings. The third kappa shape index (κ3) is 7.44. The zero-order chi connectivity index (χ0) is 65.0. The zero-order valence-electron chi connectivity index (χ0n) is 52.7. The molecular weight excluding hydrogens is 1270 g/mol. The van der Waals surface area contributed by atoms with Gasteiger partial charge in [-0.05, 0) is 72.8 Å². The van der Waals surface area contributed by atoms with Gasteiger partial charge in [-0.1, -0.05) is 206 Å². The predicted octanol–water partition coefficient (Wildman–Crippen LogP) is 25.1. The summed E-state index contributed by atoms with van der Waals surface area (Å²) in [5.74, 6) is 1.12. The molecule has 0 aliphatic heterocycles. The van der Waals surface area contributed by atoms with Gasteiger partial charge < -0.3 is 17.7 Å². The van der Waals surface area contributed by atoms with Gasteiger partial charge in [0.25, 0.3) is 0 Å². The first-order chi connectivity index (χ1) is 49.6. The second kappa shape index (κ2) is 20.3. The highest BCUT2D eigenvalue weighted by atomic mass is 32.1. The normalized spacial score (nSPS) is 12.4. The maximum atomic E-state index is 6.59. The Morgan fingerprint density at radius 2 is 0.660 bits per heavy atom. The number of furan rings is 4. The van der Waals surface area contributed by atoms with Crippen LogP contribution in [0.4, 0.5) is 0 Å². The van der Waals surface area contributed by atoms with Crippen LogP contribution in [0, 0.1) is 0 Å². The summed E-state index contributed by atoms with van der Waals surface area (Å²) in [5.41, 5.74) is 13.7. The van der Waals surface area contributed by atoms with E-state index in [0.717, 1.165) is 132 Å². The summed E-state index contributed by atoms with van der Waals surface area (Å²) in [6.07, 6.45) is 0. The van der Waals surface area contributed by atoms with Crippen LogP contribution in [0.25, 0.3) is 228 Å². The SMILES string of the molecule is c1ccc2c(c1)oc1c(-c3nc(-n4c5ccccc5c5c6c7ccccc7sc6c6ccccc6c54)nc4oc5ccccc5c34)cccc12.c1ccc2c(c1)oc1ccc(-c3nc(-n4c5ccccc5c5c6c7ccccc7sc6c6ccccc6c54)nc4oc5ccccc5c34)cc12. The van der Waals surface area contributed by atoms with E-state index in [-0.39, 0.29) is 0 Å². The van der Waals surface area contributed by atoms with Crippen molar-refractivity contribution in [3.63, 3.8) is 0 Å². The van der Waals surface area contributed by atoms with Gasteiger partial charge in [0, 0.05) is 127 Å². The average Bonchev–Trinajstić information content (AvgIpc) is 1.53. The first kappa shape index (κ1) is 54.2. The molecule has 0 atom stereocenters. The minimum atomic E-state index is 0.539. The highest BCUT2D eigenvalue weighted by Gasteiger charge is 2.29. The summed E-state index contributed by atoms with van der Waals surface area (Å²) in [7, 11) is 0. The lowest BCUT2D eigenvalue weighted by molar-refractivity contribution is 0.650. The van der Waals surface area contributed by atoms with Crippen molar-refractivity contribution in [3.05, 3.63) is 279 Å². The number of hydrogen-bond donors (Lipinski definition) is 0. The first-order valence-electron chi connectivity index (χ1n) is 33.3. The van der Waals surface area contributed by atoms with Crippen LogP contribution in [0.5, 0.6) is 0 Å². The number of hydrogen-bond acceptors (Lipinski definition) is 10. The van der Waals surface area contributed by atoms with Gasteiger partial charge in [-0.3, -0.25) is 9.13 Å². The van der Waals surface area contributed by atoms with Crippen molar-refractivity contribution < 1.29 is 17.7 Å². The molecule has 0 aliphatic carbocycles. The third-order valence-electron chi connectivity index (χ3n) is 20.5. The van der Waals surface area contributed by atoms with E-state index in [1.54, 1.807) is 0 Å². The van der Waals surface area contributed by atoms with Crippen LogP contribution in [-0.2, 0) is 0 Å². The molecule has 0 fully saturated rings. The van der Waals surface area contributed by atoms with E-state index < -0.39 is 0 Å². The van der Waals surface area contributed by atoms with Crippen LogP contribution in [0.1, 0.15) is 0 Å². The number of thiophene rings is 2. The fourth-order valence-electron chi connectivity index (χ4n) is 16.3. The average molecular weight is 1320 g/mol. The predicted molar refractivity (Wildman–Crippen MR) is 414 cm³/mol. The molecule has 464 valence electrons. The number of fused-ring (bicyclic) bond motifs is 32. The molecule has 24 rings (SSSR count). The van der Waals surface area contributed by atoms with Crippen molar-refractivity contribution in [3.8, 4) is 34.4 Å². The lowest BCUT2D eigenvalue weighted by Crippen LogP contribution is -2.03. The van der Waals surface area contributed by atoms with E-state index in [1.807, 2.05) is 89.4 Å². The van der Waals surface area contributed by atoms with Crippen molar-refractivity contribution in [2.45, 2.75) is 0 Å². The standard InChI is InChI=1S/2C44H23N3O2S/c1-2-14-27-25(13-1)40-36(37-30-17-6-10-23-35(30)50-42(27)37)28-15-3-7-20-32(28)47(40)44-45-39(38-29-16-5-9-22-34(29)49-43(38)46-44)31-19-11-18-26-24-12-4-8-21-33(24)48-41(26)31;1-2-13-27-26(12-1)41-37(38-30-16-6-10-20-36(30)50-42(27)38)28-14-3-7-17-32(28)47(41)44-45-40(39-29-15-5-9-19-34(29)49-43(39)46-44)24-21-22-35-31(23-24)25-11-4-8-18-33(25)48-35/h2*1-23H. The number of aromatic nitrogens is 6.